The van der Waals surface area contributed by atoms with E-state index in [9.17, 15) is 4.79 Å². The van der Waals surface area contributed by atoms with Gasteiger partial charge >= 0.3 is 0 Å². The Morgan fingerprint density at radius 1 is 1.17 bits per heavy atom. The van der Waals surface area contributed by atoms with E-state index in [1.54, 1.807) is 0 Å². The van der Waals surface area contributed by atoms with Crippen molar-refractivity contribution in [3.8, 4) is 5.75 Å². The van der Waals surface area contributed by atoms with E-state index in [2.05, 4.69) is 20.5 Å². The monoisotopic (exact) mass is 439 g/mol. The zero-order chi connectivity index (χ0) is 20.9. The maximum atomic E-state index is 12.4. The van der Waals surface area contributed by atoms with Crippen LogP contribution in [0.4, 0.5) is 5.13 Å². The van der Waals surface area contributed by atoms with Crippen LogP contribution < -0.4 is 10.1 Å². The van der Waals surface area contributed by atoms with Crippen molar-refractivity contribution in [2.45, 2.75) is 31.7 Å². The minimum atomic E-state index is -0.259. The molecule has 7 nitrogen and oxygen atoms in total. The average molecular weight is 440 g/mol. The third-order valence-electron chi connectivity index (χ3n) is 4.35. The molecule has 30 heavy (non-hydrogen) atoms. The summed E-state index contributed by atoms with van der Waals surface area (Å²) >= 11 is 2.81. The van der Waals surface area contributed by atoms with Gasteiger partial charge in [0.15, 0.2) is 22.2 Å². The first kappa shape index (κ1) is 20.4. The Hall–Kier alpha value is -2.91. The van der Waals surface area contributed by atoms with Crippen molar-refractivity contribution in [3.63, 3.8) is 0 Å². The van der Waals surface area contributed by atoms with Gasteiger partial charge in [-0.15, -0.1) is 10.2 Å². The van der Waals surface area contributed by atoms with Crippen molar-refractivity contribution in [3.05, 3.63) is 60.4 Å². The van der Waals surface area contributed by atoms with E-state index in [1.165, 1.54) is 23.1 Å². The van der Waals surface area contributed by atoms with Crippen LogP contribution >= 0.6 is 23.1 Å². The fourth-order valence-corrected chi connectivity index (χ4v) is 4.66. The number of benzene rings is 2. The fourth-order valence-electron chi connectivity index (χ4n) is 2.97. The number of rotatable bonds is 8. The number of fused-ring (bicyclic) bond motifs is 1. The number of carbonyl (C=O) groups excluding carboxylic acids is 1. The van der Waals surface area contributed by atoms with Crippen LogP contribution in [0.1, 0.15) is 25.8 Å². The first-order chi connectivity index (χ1) is 14.6. The van der Waals surface area contributed by atoms with E-state index in [1.807, 2.05) is 73.0 Å². The summed E-state index contributed by atoms with van der Waals surface area (Å²) in [6.45, 7) is 4.65. The second kappa shape index (κ2) is 9.27. The number of thiazole rings is 1. The van der Waals surface area contributed by atoms with Crippen LogP contribution in [-0.4, -0.2) is 31.4 Å². The van der Waals surface area contributed by atoms with Crippen LogP contribution in [0.5, 0.6) is 5.75 Å². The molecule has 154 valence electrons. The second-order valence-electron chi connectivity index (χ2n) is 6.48. The lowest BCUT2D eigenvalue weighted by atomic mass is 10.3. The van der Waals surface area contributed by atoms with Gasteiger partial charge in [-0.05, 0) is 38.1 Å². The van der Waals surface area contributed by atoms with Crippen molar-refractivity contribution in [2.24, 2.45) is 0 Å². The van der Waals surface area contributed by atoms with Gasteiger partial charge in [-0.1, -0.05) is 53.4 Å². The lowest BCUT2D eigenvalue weighted by Crippen LogP contribution is -2.15. The molecule has 4 rings (SSSR count). The first-order valence-electron chi connectivity index (χ1n) is 9.57. The number of carbonyl (C=O) groups is 1. The number of amides is 1. The van der Waals surface area contributed by atoms with Gasteiger partial charge in [0.05, 0.1) is 16.0 Å². The second-order valence-corrected chi connectivity index (χ2v) is 8.45. The molecule has 1 atom stereocenters. The number of aromatic nitrogens is 4. The van der Waals surface area contributed by atoms with E-state index < -0.39 is 0 Å². The number of nitrogens with zero attached hydrogens (tertiary/aromatic N) is 4. The van der Waals surface area contributed by atoms with Gasteiger partial charge in [0.2, 0.25) is 5.91 Å². The molecule has 0 saturated carbocycles. The molecular weight excluding hydrogens is 418 g/mol. The highest BCUT2D eigenvalue weighted by Gasteiger charge is 2.19. The number of nitrogens with one attached hydrogen (secondary N) is 1. The third kappa shape index (κ3) is 4.63. The van der Waals surface area contributed by atoms with E-state index >= 15 is 0 Å². The quantitative estimate of drug-likeness (QED) is 0.398. The van der Waals surface area contributed by atoms with Gasteiger partial charge in [-0.25, -0.2) is 4.98 Å². The van der Waals surface area contributed by atoms with Crippen LogP contribution in [0.15, 0.2) is 59.8 Å². The zero-order valence-corrected chi connectivity index (χ0v) is 18.2. The number of ether oxygens (including phenoxy) is 1. The predicted molar refractivity (Wildman–Crippen MR) is 120 cm³/mol. The Morgan fingerprint density at radius 2 is 1.93 bits per heavy atom. The van der Waals surface area contributed by atoms with Crippen molar-refractivity contribution in [1.82, 2.24) is 19.7 Å². The Balaban J connectivity index is 1.38. The van der Waals surface area contributed by atoms with E-state index in [0.29, 0.717) is 16.8 Å². The summed E-state index contributed by atoms with van der Waals surface area (Å²) in [6, 6.07) is 17.4. The smallest absolute Gasteiger partial charge is 0.236 e. The Morgan fingerprint density at radius 3 is 2.70 bits per heavy atom. The van der Waals surface area contributed by atoms with E-state index in [4.69, 9.17) is 4.74 Å². The minimum absolute atomic E-state index is 0.125. The largest absolute Gasteiger partial charge is 0.483 e. The molecule has 2 aromatic carbocycles. The van der Waals surface area contributed by atoms with Gasteiger partial charge in [0.1, 0.15) is 5.75 Å². The van der Waals surface area contributed by atoms with Gasteiger partial charge in [-0.2, -0.15) is 0 Å². The molecule has 0 radical (unpaired) electrons. The standard InChI is InChI=1S/C21H21N5O2S2/c1-3-26-19(14(2)28-15-9-5-4-6-10-15)24-25-21(26)29-13-18(27)23-20-22-16-11-7-8-12-17(16)30-20/h4-12,14H,3,13H2,1-2H3,(H,22,23,27)/t14-/m1/s1. The molecule has 0 saturated heterocycles. The number of anilines is 1. The molecule has 2 aromatic heterocycles. The average Bonchev–Trinajstić information content (AvgIpc) is 3.36. The van der Waals surface area contributed by atoms with Crippen LogP contribution in [0, 0.1) is 0 Å². The molecule has 0 aliphatic heterocycles. The normalized spacial score (nSPS) is 12.1. The molecule has 0 aliphatic carbocycles. The number of para-hydroxylation sites is 2. The molecule has 4 aromatic rings. The van der Waals surface area contributed by atoms with E-state index in [-0.39, 0.29) is 17.8 Å². The van der Waals surface area contributed by atoms with Crippen molar-refractivity contribution < 1.29 is 9.53 Å². The van der Waals surface area contributed by atoms with Crippen LogP contribution in [0.3, 0.4) is 0 Å². The molecule has 0 aliphatic rings. The van der Waals surface area contributed by atoms with E-state index in [0.717, 1.165) is 21.8 Å². The molecule has 1 amide bonds. The highest BCUT2D eigenvalue weighted by Crippen LogP contribution is 2.27. The Bertz CT molecular complexity index is 1110. The minimum Gasteiger partial charge on any atom is -0.483 e. The van der Waals surface area contributed by atoms with Crippen molar-refractivity contribution in [1.29, 1.82) is 0 Å². The van der Waals surface area contributed by atoms with Crippen LogP contribution in [0.25, 0.3) is 10.2 Å². The summed E-state index contributed by atoms with van der Waals surface area (Å²) in [7, 11) is 0. The SMILES string of the molecule is CCn1c(SCC(=O)Nc2nc3ccccc3s2)nnc1[C@@H](C)Oc1ccccc1. The molecule has 0 bridgehead atoms. The first-order valence-corrected chi connectivity index (χ1v) is 11.4. The highest BCUT2D eigenvalue weighted by molar-refractivity contribution is 7.99. The molecule has 0 spiro atoms. The van der Waals surface area contributed by atoms with Crippen molar-refractivity contribution >= 4 is 44.4 Å². The number of thioether (sulfide) groups is 1. The fraction of sp³-hybridized carbons (Fsp3) is 0.238. The van der Waals surface area contributed by atoms with Gasteiger partial charge in [0.25, 0.3) is 0 Å². The maximum Gasteiger partial charge on any atom is 0.236 e. The summed E-state index contributed by atoms with van der Waals surface area (Å²) in [5.41, 5.74) is 0.883. The van der Waals surface area contributed by atoms with Gasteiger partial charge in [0, 0.05) is 6.54 Å². The van der Waals surface area contributed by atoms with Crippen LogP contribution in [0.2, 0.25) is 0 Å². The third-order valence-corrected chi connectivity index (χ3v) is 6.27. The molecule has 2 heterocycles. The lowest BCUT2D eigenvalue weighted by molar-refractivity contribution is -0.113. The maximum absolute atomic E-state index is 12.4. The van der Waals surface area contributed by atoms with Gasteiger partial charge < -0.3 is 14.6 Å². The summed E-state index contributed by atoms with van der Waals surface area (Å²) in [6.07, 6.45) is -0.259. The summed E-state index contributed by atoms with van der Waals surface area (Å²) < 4.78 is 8.99. The van der Waals surface area contributed by atoms with Gasteiger partial charge in [-0.3, -0.25) is 4.79 Å². The highest BCUT2D eigenvalue weighted by atomic mass is 32.2. The number of hydrogen-bond acceptors (Lipinski definition) is 7. The molecule has 0 unspecified atom stereocenters. The topological polar surface area (TPSA) is 81.9 Å². The summed E-state index contributed by atoms with van der Waals surface area (Å²) in [4.78, 5) is 16.8. The Kier molecular flexibility index (Phi) is 6.29. The summed E-state index contributed by atoms with van der Waals surface area (Å²) in [5.74, 6) is 1.61. The zero-order valence-electron chi connectivity index (χ0n) is 16.6. The molecule has 9 heteroatoms. The summed E-state index contributed by atoms with van der Waals surface area (Å²) in [5, 5.41) is 12.7. The Labute approximate surface area is 182 Å². The molecule has 0 fully saturated rings. The van der Waals surface area contributed by atoms with Crippen LogP contribution in [-0.2, 0) is 11.3 Å². The van der Waals surface area contributed by atoms with Crippen molar-refractivity contribution in [2.75, 3.05) is 11.1 Å². The number of hydrogen-bond donors (Lipinski definition) is 1. The lowest BCUT2D eigenvalue weighted by Gasteiger charge is -2.15. The molecular formula is C21H21N5O2S2. The predicted octanol–water partition coefficient (Wildman–Crippen LogP) is 4.78. The molecule has 1 N–H and O–H groups in total.